The van der Waals surface area contributed by atoms with Crippen molar-refractivity contribution in [3.63, 3.8) is 0 Å². The molecular weight excluding hydrogens is 410 g/mol. The summed E-state index contributed by atoms with van der Waals surface area (Å²) in [5.74, 6) is -1.51. The second-order valence-corrected chi connectivity index (χ2v) is 6.75. The minimum absolute atomic E-state index is 0.00778. The molecule has 0 aliphatic rings. The number of carboxylic acid groups (broad SMARTS) is 1. The first-order valence-corrected chi connectivity index (χ1v) is 10.1. The second-order valence-electron chi connectivity index (χ2n) is 6.75. The molecule has 0 aliphatic heterocycles. The molecule has 178 valence electrons. The zero-order valence-electron chi connectivity index (χ0n) is 18.9. The van der Waals surface area contributed by atoms with Crippen LogP contribution >= 0.6 is 0 Å². The fraction of sp³-hybridized carbons (Fsp3) is 0.619. The van der Waals surface area contributed by atoms with Gasteiger partial charge in [-0.25, -0.2) is 4.79 Å². The van der Waals surface area contributed by atoms with Crippen LogP contribution in [0.3, 0.4) is 0 Å². The van der Waals surface area contributed by atoms with E-state index < -0.39 is 43.1 Å². The molecule has 5 N–H and O–H groups in total. The maximum absolute atomic E-state index is 11.1. The number of carbonyl (C=O) groups is 2. The molecule has 0 bridgehead atoms. The van der Waals surface area contributed by atoms with Crippen molar-refractivity contribution in [1.82, 2.24) is 0 Å². The third-order valence-electron chi connectivity index (χ3n) is 3.72. The van der Waals surface area contributed by atoms with Crippen LogP contribution in [0.25, 0.3) is 0 Å². The largest absolute Gasteiger partial charge is 0.479 e. The highest BCUT2D eigenvalue weighted by atomic mass is 16.7. The summed E-state index contributed by atoms with van der Waals surface area (Å²) >= 11 is 0. The molecule has 0 spiro atoms. The molecule has 0 aliphatic carbocycles. The standard InChI is InChI=1S/C19H29NO9.C2H6/c1-10(2)20-14-7-13(9-27-12(4)22)5-6-16(14)29-19(17(24)15(23)8-21)28-11(3)18(25)26;1-2/h5-7,10-11,15,17,19-21,23-24H,8-9H2,1-4H3,(H,25,26);1-2H3. The minimum Gasteiger partial charge on any atom is -0.479 e. The van der Waals surface area contributed by atoms with Gasteiger partial charge < -0.3 is 40.0 Å². The molecular formula is C21H35NO9. The number of carbonyl (C=O) groups excluding carboxylic acids is 1. The molecule has 31 heavy (non-hydrogen) atoms. The van der Waals surface area contributed by atoms with Crippen molar-refractivity contribution in [3.05, 3.63) is 23.8 Å². The predicted molar refractivity (Wildman–Crippen MR) is 114 cm³/mol. The van der Waals surface area contributed by atoms with Gasteiger partial charge in [-0.3, -0.25) is 4.79 Å². The van der Waals surface area contributed by atoms with Gasteiger partial charge >= 0.3 is 11.9 Å². The summed E-state index contributed by atoms with van der Waals surface area (Å²) in [7, 11) is 0. The van der Waals surface area contributed by atoms with E-state index in [0.29, 0.717) is 11.3 Å². The summed E-state index contributed by atoms with van der Waals surface area (Å²) in [4.78, 5) is 22.1. The minimum atomic E-state index is -1.71. The van der Waals surface area contributed by atoms with Crippen LogP contribution in [0.15, 0.2) is 18.2 Å². The van der Waals surface area contributed by atoms with Gasteiger partial charge in [-0.05, 0) is 38.5 Å². The highest BCUT2D eigenvalue weighted by Crippen LogP contribution is 2.29. The molecule has 0 saturated carbocycles. The number of ether oxygens (including phenoxy) is 3. The average Bonchev–Trinajstić information content (AvgIpc) is 2.72. The van der Waals surface area contributed by atoms with E-state index in [2.05, 4.69) is 5.32 Å². The lowest BCUT2D eigenvalue weighted by atomic mass is 10.1. The quantitative estimate of drug-likeness (QED) is 0.236. The summed E-state index contributed by atoms with van der Waals surface area (Å²) in [6.45, 7) is 9.58. The van der Waals surface area contributed by atoms with Gasteiger partial charge in [-0.1, -0.05) is 19.9 Å². The number of esters is 1. The van der Waals surface area contributed by atoms with Gasteiger partial charge in [0.25, 0.3) is 0 Å². The molecule has 0 fully saturated rings. The Labute approximate surface area is 182 Å². The van der Waals surface area contributed by atoms with Crippen LogP contribution in [0, 0.1) is 0 Å². The van der Waals surface area contributed by atoms with Crippen molar-refractivity contribution < 1.29 is 44.2 Å². The summed E-state index contributed by atoms with van der Waals surface area (Å²) in [6, 6.07) is 4.82. The number of aliphatic hydroxyl groups excluding tert-OH is 3. The second kappa shape index (κ2) is 14.6. The fourth-order valence-electron chi connectivity index (χ4n) is 2.23. The molecule has 1 aromatic carbocycles. The maximum atomic E-state index is 11.1. The molecule has 10 nitrogen and oxygen atoms in total. The number of aliphatic carboxylic acids is 1. The Bertz CT molecular complexity index is 681. The van der Waals surface area contributed by atoms with E-state index in [1.165, 1.54) is 19.9 Å². The fourth-order valence-corrected chi connectivity index (χ4v) is 2.23. The Morgan fingerprint density at radius 2 is 1.74 bits per heavy atom. The third kappa shape index (κ3) is 10.5. The smallest absolute Gasteiger partial charge is 0.332 e. The number of carboxylic acids is 1. The van der Waals surface area contributed by atoms with E-state index in [-0.39, 0.29) is 18.4 Å². The van der Waals surface area contributed by atoms with Gasteiger partial charge in [0, 0.05) is 13.0 Å². The van der Waals surface area contributed by atoms with Crippen molar-refractivity contribution in [3.8, 4) is 5.75 Å². The molecule has 10 heteroatoms. The molecule has 0 heterocycles. The first-order valence-electron chi connectivity index (χ1n) is 10.1. The Hall–Kier alpha value is -2.40. The van der Waals surface area contributed by atoms with Gasteiger partial charge in [-0.15, -0.1) is 0 Å². The normalized spacial score (nSPS) is 14.5. The monoisotopic (exact) mass is 445 g/mol. The molecule has 1 aromatic rings. The summed E-state index contributed by atoms with van der Waals surface area (Å²) in [6.07, 6.45) is -6.24. The van der Waals surface area contributed by atoms with E-state index in [4.69, 9.17) is 24.4 Å². The zero-order valence-corrected chi connectivity index (χ0v) is 18.9. The first-order chi connectivity index (χ1) is 14.5. The van der Waals surface area contributed by atoms with E-state index >= 15 is 0 Å². The van der Waals surface area contributed by atoms with Gasteiger partial charge in [-0.2, -0.15) is 0 Å². The maximum Gasteiger partial charge on any atom is 0.332 e. The van der Waals surface area contributed by atoms with Crippen LogP contribution in [0.5, 0.6) is 5.75 Å². The SMILES string of the molecule is CC.CC(=O)OCc1ccc(OC(OC(C)C(=O)O)C(O)C(O)CO)c(NC(C)C)c1. The molecule has 0 amide bonds. The number of rotatable bonds is 12. The number of benzene rings is 1. The van der Waals surface area contributed by atoms with E-state index in [1.807, 2.05) is 27.7 Å². The third-order valence-corrected chi connectivity index (χ3v) is 3.72. The molecule has 0 radical (unpaired) electrons. The molecule has 4 atom stereocenters. The predicted octanol–water partition coefficient (Wildman–Crippen LogP) is 1.50. The van der Waals surface area contributed by atoms with Crippen LogP contribution in [-0.2, 0) is 25.7 Å². The summed E-state index contributed by atoms with van der Waals surface area (Å²) < 4.78 is 15.9. The zero-order chi connectivity index (χ0) is 24.1. The Morgan fingerprint density at radius 3 is 2.23 bits per heavy atom. The number of nitrogens with one attached hydrogen (secondary N) is 1. The van der Waals surface area contributed by atoms with Crippen molar-refractivity contribution in [2.75, 3.05) is 11.9 Å². The Balaban J connectivity index is 0.00000436. The number of anilines is 1. The Kier molecular flexibility index (Phi) is 13.4. The van der Waals surface area contributed by atoms with Crippen molar-refractivity contribution in [2.45, 2.75) is 78.8 Å². The Morgan fingerprint density at radius 1 is 1.13 bits per heavy atom. The molecule has 1 rings (SSSR count). The number of hydrogen-bond acceptors (Lipinski definition) is 9. The van der Waals surface area contributed by atoms with E-state index in [0.717, 1.165) is 0 Å². The lowest BCUT2D eigenvalue weighted by Crippen LogP contribution is -2.46. The van der Waals surface area contributed by atoms with Crippen LogP contribution in [-0.4, -0.2) is 69.6 Å². The topological polar surface area (TPSA) is 155 Å². The lowest BCUT2D eigenvalue weighted by molar-refractivity contribution is -0.205. The van der Waals surface area contributed by atoms with Crippen LogP contribution in [0.1, 0.15) is 47.1 Å². The number of hydrogen-bond donors (Lipinski definition) is 5. The summed E-state index contributed by atoms with van der Waals surface area (Å²) in [5, 5.41) is 41.2. The highest BCUT2D eigenvalue weighted by Gasteiger charge is 2.32. The van der Waals surface area contributed by atoms with Gasteiger partial charge in [0.05, 0.1) is 12.3 Å². The molecule has 0 saturated heterocycles. The van der Waals surface area contributed by atoms with Crippen molar-refractivity contribution in [2.24, 2.45) is 0 Å². The van der Waals surface area contributed by atoms with Crippen LogP contribution in [0.4, 0.5) is 5.69 Å². The van der Waals surface area contributed by atoms with Gasteiger partial charge in [0.2, 0.25) is 6.29 Å². The van der Waals surface area contributed by atoms with E-state index in [1.54, 1.807) is 12.1 Å². The lowest BCUT2D eigenvalue weighted by Gasteiger charge is -2.29. The average molecular weight is 446 g/mol. The first kappa shape index (κ1) is 28.6. The molecule has 4 unspecified atom stereocenters. The van der Waals surface area contributed by atoms with Crippen LogP contribution in [0.2, 0.25) is 0 Å². The van der Waals surface area contributed by atoms with Gasteiger partial charge in [0.15, 0.2) is 6.10 Å². The molecule has 0 aromatic heterocycles. The van der Waals surface area contributed by atoms with Crippen LogP contribution < -0.4 is 10.1 Å². The summed E-state index contributed by atoms with van der Waals surface area (Å²) in [5.41, 5.74) is 1.15. The highest BCUT2D eigenvalue weighted by molar-refractivity contribution is 5.71. The van der Waals surface area contributed by atoms with Crippen molar-refractivity contribution >= 4 is 17.6 Å². The van der Waals surface area contributed by atoms with Gasteiger partial charge in [0.1, 0.15) is 24.6 Å². The van der Waals surface area contributed by atoms with E-state index in [9.17, 15) is 19.8 Å². The number of aliphatic hydroxyl groups is 3. The van der Waals surface area contributed by atoms with Crippen molar-refractivity contribution in [1.29, 1.82) is 0 Å².